The monoisotopic (exact) mass is 298 g/mol. The summed E-state index contributed by atoms with van der Waals surface area (Å²) in [7, 11) is 0. The molecule has 1 aliphatic rings. The SMILES string of the molecule is Cc1ccc(C(N)=S)c(NCC2CSCCS2)c1. The van der Waals surface area contributed by atoms with E-state index in [1.165, 1.54) is 22.8 Å². The normalized spacial score (nSPS) is 19.5. The van der Waals surface area contributed by atoms with Gasteiger partial charge in [0.2, 0.25) is 0 Å². The average molecular weight is 299 g/mol. The van der Waals surface area contributed by atoms with Crippen molar-refractivity contribution in [2.75, 3.05) is 29.1 Å². The van der Waals surface area contributed by atoms with Gasteiger partial charge in [0.05, 0.1) is 0 Å². The van der Waals surface area contributed by atoms with Gasteiger partial charge in [-0.1, -0.05) is 18.3 Å². The van der Waals surface area contributed by atoms with E-state index in [2.05, 4.69) is 30.1 Å². The highest BCUT2D eigenvalue weighted by atomic mass is 32.2. The molecule has 5 heteroatoms. The number of rotatable bonds is 4. The molecule has 0 aliphatic carbocycles. The largest absolute Gasteiger partial charge is 0.389 e. The highest BCUT2D eigenvalue weighted by molar-refractivity contribution is 8.06. The summed E-state index contributed by atoms with van der Waals surface area (Å²) in [5, 5.41) is 4.19. The lowest BCUT2D eigenvalue weighted by atomic mass is 10.1. The Morgan fingerprint density at radius 1 is 1.50 bits per heavy atom. The molecule has 0 saturated carbocycles. The lowest BCUT2D eigenvalue weighted by molar-refractivity contribution is 1.00. The first-order valence-electron chi connectivity index (χ1n) is 6.00. The van der Waals surface area contributed by atoms with Crippen LogP contribution in [0, 0.1) is 6.92 Å². The molecular weight excluding hydrogens is 280 g/mol. The third kappa shape index (κ3) is 3.80. The van der Waals surface area contributed by atoms with Crippen molar-refractivity contribution in [2.24, 2.45) is 5.73 Å². The Hall–Kier alpha value is -0.390. The lowest BCUT2D eigenvalue weighted by Crippen LogP contribution is -2.24. The quantitative estimate of drug-likeness (QED) is 0.836. The van der Waals surface area contributed by atoms with Crippen molar-refractivity contribution in [2.45, 2.75) is 12.2 Å². The summed E-state index contributed by atoms with van der Waals surface area (Å²) in [5.74, 6) is 3.77. The maximum absolute atomic E-state index is 5.76. The van der Waals surface area contributed by atoms with E-state index in [0.29, 0.717) is 10.2 Å². The fourth-order valence-electron chi connectivity index (χ4n) is 1.90. The van der Waals surface area contributed by atoms with Gasteiger partial charge in [-0.3, -0.25) is 0 Å². The molecule has 1 heterocycles. The van der Waals surface area contributed by atoms with Gasteiger partial charge >= 0.3 is 0 Å². The van der Waals surface area contributed by atoms with Gasteiger partial charge in [-0.05, 0) is 24.6 Å². The molecule has 0 amide bonds. The fourth-order valence-corrected chi connectivity index (χ4v) is 4.69. The molecule has 2 nitrogen and oxygen atoms in total. The van der Waals surface area contributed by atoms with Gasteiger partial charge in [-0.15, -0.1) is 0 Å². The number of nitrogens with two attached hydrogens (primary N) is 1. The lowest BCUT2D eigenvalue weighted by Gasteiger charge is -2.22. The highest BCUT2D eigenvalue weighted by Crippen LogP contribution is 2.25. The molecule has 1 unspecified atom stereocenters. The number of aryl methyl sites for hydroxylation is 1. The van der Waals surface area contributed by atoms with E-state index >= 15 is 0 Å². The van der Waals surface area contributed by atoms with E-state index < -0.39 is 0 Å². The Morgan fingerprint density at radius 2 is 2.33 bits per heavy atom. The van der Waals surface area contributed by atoms with Gasteiger partial charge in [-0.2, -0.15) is 23.5 Å². The van der Waals surface area contributed by atoms with Crippen LogP contribution in [0.2, 0.25) is 0 Å². The molecule has 1 atom stereocenters. The van der Waals surface area contributed by atoms with Crippen molar-refractivity contribution in [3.63, 3.8) is 0 Å². The smallest absolute Gasteiger partial charge is 0.106 e. The Balaban J connectivity index is 2.03. The molecule has 0 bridgehead atoms. The minimum atomic E-state index is 0.461. The minimum absolute atomic E-state index is 0.461. The molecule has 1 aliphatic heterocycles. The molecule has 98 valence electrons. The molecule has 1 fully saturated rings. The van der Waals surface area contributed by atoms with Crippen LogP contribution < -0.4 is 11.1 Å². The van der Waals surface area contributed by atoms with Crippen molar-refractivity contribution in [3.05, 3.63) is 29.3 Å². The summed E-state index contributed by atoms with van der Waals surface area (Å²) < 4.78 is 0. The summed E-state index contributed by atoms with van der Waals surface area (Å²) >= 11 is 9.19. The van der Waals surface area contributed by atoms with Gasteiger partial charge in [0, 0.05) is 40.3 Å². The first-order valence-corrected chi connectivity index (χ1v) is 8.61. The fraction of sp³-hybridized carbons (Fsp3) is 0.462. The number of benzene rings is 1. The summed E-state index contributed by atoms with van der Waals surface area (Å²) in [6.45, 7) is 3.07. The van der Waals surface area contributed by atoms with Crippen LogP contribution in [0.3, 0.4) is 0 Å². The second kappa shape index (κ2) is 6.68. The molecule has 0 spiro atoms. The van der Waals surface area contributed by atoms with Gasteiger partial charge < -0.3 is 11.1 Å². The van der Waals surface area contributed by atoms with Crippen LogP contribution in [-0.4, -0.2) is 34.0 Å². The molecular formula is C13H18N2S3. The topological polar surface area (TPSA) is 38.0 Å². The third-order valence-electron chi connectivity index (χ3n) is 2.85. The molecule has 1 aromatic carbocycles. The summed E-state index contributed by atoms with van der Waals surface area (Å²) in [4.78, 5) is 0.461. The van der Waals surface area contributed by atoms with E-state index in [4.69, 9.17) is 18.0 Å². The van der Waals surface area contributed by atoms with E-state index in [9.17, 15) is 0 Å². The van der Waals surface area contributed by atoms with Crippen molar-refractivity contribution in [3.8, 4) is 0 Å². The Bertz CT molecular complexity index is 428. The molecule has 2 rings (SSSR count). The van der Waals surface area contributed by atoms with E-state index in [-0.39, 0.29) is 0 Å². The van der Waals surface area contributed by atoms with Crippen LogP contribution in [-0.2, 0) is 0 Å². The Morgan fingerprint density at radius 3 is 3.00 bits per heavy atom. The average Bonchev–Trinajstić information content (AvgIpc) is 2.37. The van der Waals surface area contributed by atoms with Crippen molar-refractivity contribution in [1.82, 2.24) is 0 Å². The summed E-state index contributed by atoms with van der Waals surface area (Å²) in [6.07, 6.45) is 0. The van der Waals surface area contributed by atoms with Crippen LogP contribution in [0.1, 0.15) is 11.1 Å². The number of nitrogens with one attached hydrogen (secondary N) is 1. The van der Waals surface area contributed by atoms with E-state index in [1.54, 1.807) is 0 Å². The predicted octanol–water partition coefficient (Wildman–Crippen LogP) is 2.89. The molecule has 3 N–H and O–H groups in total. The predicted molar refractivity (Wildman–Crippen MR) is 89.1 cm³/mol. The van der Waals surface area contributed by atoms with Crippen LogP contribution >= 0.6 is 35.7 Å². The first kappa shape index (κ1) is 14.0. The van der Waals surface area contributed by atoms with E-state index in [1.807, 2.05) is 23.9 Å². The van der Waals surface area contributed by atoms with Crippen LogP contribution in [0.15, 0.2) is 18.2 Å². The molecule has 0 aromatic heterocycles. The minimum Gasteiger partial charge on any atom is -0.389 e. The van der Waals surface area contributed by atoms with Crippen molar-refractivity contribution in [1.29, 1.82) is 0 Å². The second-order valence-electron chi connectivity index (χ2n) is 4.36. The number of anilines is 1. The van der Waals surface area contributed by atoms with Gasteiger partial charge in [0.1, 0.15) is 4.99 Å². The summed E-state index contributed by atoms with van der Waals surface area (Å²) in [6, 6.07) is 6.17. The third-order valence-corrected chi connectivity index (χ3v) is 5.91. The molecule has 1 saturated heterocycles. The number of thioether (sulfide) groups is 2. The van der Waals surface area contributed by atoms with E-state index in [0.717, 1.165) is 17.8 Å². The van der Waals surface area contributed by atoms with Crippen molar-refractivity contribution < 1.29 is 0 Å². The van der Waals surface area contributed by atoms with Gasteiger partial charge in [0.15, 0.2) is 0 Å². The highest BCUT2D eigenvalue weighted by Gasteiger charge is 2.14. The zero-order valence-electron chi connectivity index (χ0n) is 10.4. The second-order valence-corrected chi connectivity index (χ2v) is 7.36. The van der Waals surface area contributed by atoms with Crippen LogP contribution in [0.4, 0.5) is 5.69 Å². The standard InChI is InChI=1S/C13H18N2S3/c1-9-2-3-11(13(14)16)12(6-9)15-7-10-8-17-4-5-18-10/h2-3,6,10,15H,4-5,7-8H2,1H3,(H2,14,16). The number of thiocarbonyl (C=S) groups is 1. The van der Waals surface area contributed by atoms with Crippen LogP contribution in [0.25, 0.3) is 0 Å². The number of hydrogen-bond donors (Lipinski definition) is 2. The molecule has 1 aromatic rings. The first-order chi connectivity index (χ1) is 8.66. The van der Waals surface area contributed by atoms with Gasteiger partial charge in [-0.25, -0.2) is 0 Å². The zero-order chi connectivity index (χ0) is 13.0. The van der Waals surface area contributed by atoms with Crippen molar-refractivity contribution >= 4 is 46.4 Å². The van der Waals surface area contributed by atoms with Crippen LogP contribution in [0.5, 0.6) is 0 Å². The Labute approximate surface area is 122 Å². The maximum atomic E-state index is 5.76. The number of hydrogen-bond acceptors (Lipinski definition) is 4. The summed E-state index contributed by atoms with van der Waals surface area (Å²) in [5.41, 5.74) is 9.00. The maximum Gasteiger partial charge on any atom is 0.106 e. The zero-order valence-corrected chi connectivity index (χ0v) is 12.9. The molecule has 0 radical (unpaired) electrons. The van der Waals surface area contributed by atoms with Gasteiger partial charge in [0.25, 0.3) is 0 Å². The molecule has 18 heavy (non-hydrogen) atoms. The Kier molecular flexibility index (Phi) is 5.21.